The Morgan fingerprint density at radius 3 is 2.83 bits per heavy atom. The Labute approximate surface area is 176 Å². The second-order valence-corrected chi connectivity index (χ2v) is 7.16. The third-order valence-corrected chi connectivity index (χ3v) is 4.97. The van der Waals surface area contributed by atoms with Crippen LogP contribution in [0.15, 0.2) is 46.3 Å². The number of nitrogens with zero attached hydrogens (tertiary/aromatic N) is 4. The van der Waals surface area contributed by atoms with Crippen molar-refractivity contribution < 1.29 is 18.7 Å². The molecule has 0 bridgehead atoms. The normalized spacial score (nSPS) is 11.4. The van der Waals surface area contributed by atoms with Crippen molar-refractivity contribution in [2.75, 3.05) is 18.5 Å². The maximum atomic E-state index is 12.5. The molecule has 0 aliphatic heterocycles. The van der Waals surface area contributed by atoms with Crippen molar-refractivity contribution >= 4 is 33.3 Å². The second-order valence-electron chi connectivity index (χ2n) is 6.31. The number of carbonyl (C=O) groups excluding carboxylic acids is 1. The summed E-state index contributed by atoms with van der Waals surface area (Å²) >= 11 is 1.31. The molecule has 1 aromatic carbocycles. The number of aromatic nitrogens is 4. The fourth-order valence-electron chi connectivity index (χ4n) is 2.88. The van der Waals surface area contributed by atoms with Crippen molar-refractivity contribution in [3.63, 3.8) is 0 Å². The molecule has 0 aliphatic rings. The molecule has 0 aliphatic carbocycles. The third-order valence-electron chi connectivity index (χ3n) is 4.22. The van der Waals surface area contributed by atoms with E-state index in [2.05, 4.69) is 20.6 Å². The molecule has 3 heterocycles. The van der Waals surface area contributed by atoms with Crippen LogP contribution in [0.5, 0.6) is 0 Å². The van der Waals surface area contributed by atoms with E-state index < -0.39 is 12.2 Å². The Kier molecular flexibility index (Phi) is 6.17. The van der Waals surface area contributed by atoms with Gasteiger partial charge in [0, 0.05) is 24.0 Å². The van der Waals surface area contributed by atoms with E-state index in [1.54, 1.807) is 6.20 Å². The predicted octanol–water partition coefficient (Wildman–Crippen LogP) is 3.80. The van der Waals surface area contributed by atoms with Crippen molar-refractivity contribution in [3.05, 3.63) is 47.6 Å². The fourth-order valence-corrected chi connectivity index (χ4v) is 3.58. The summed E-state index contributed by atoms with van der Waals surface area (Å²) in [5.41, 5.74) is 1.63. The molecule has 156 valence electrons. The predicted molar refractivity (Wildman–Crippen MR) is 112 cm³/mol. The summed E-state index contributed by atoms with van der Waals surface area (Å²) in [4.78, 5) is 16.9. The van der Waals surface area contributed by atoms with Gasteiger partial charge < -0.3 is 13.9 Å². The Morgan fingerprint density at radius 2 is 2.07 bits per heavy atom. The molecule has 0 radical (unpaired) electrons. The lowest BCUT2D eigenvalue weighted by Gasteiger charge is -2.16. The van der Waals surface area contributed by atoms with Crippen molar-refractivity contribution in [1.29, 1.82) is 0 Å². The molecule has 4 aromatic rings. The second kappa shape index (κ2) is 9.16. The monoisotopic (exact) mass is 427 g/mol. The van der Waals surface area contributed by atoms with Crippen LogP contribution in [0.2, 0.25) is 0 Å². The molecular weight excluding hydrogens is 406 g/mol. The number of hydrogen-bond acceptors (Lipinski definition) is 8. The Bertz CT molecular complexity index is 1100. The summed E-state index contributed by atoms with van der Waals surface area (Å²) in [7, 11) is 0. The number of nitrogens with one attached hydrogen (secondary N) is 1. The summed E-state index contributed by atoms with van der Waals surface area (Å²) in [6.07, 6.45) is 1.11. The SMILES string of the molecule is CCOC(Cn1cc(C(=O)Nc2nc(-c3cc4ccccc4o3)cs2)nn1)OCC. The Balaban J connectivity index is 1.41. The Hall–Kier alpha value is -3.08. The summed E-state index contributed by atoms with van der Waals surface area (Å²) in [6.45, 7) is 5.16. The van der Waals surface area contributed by atoms with Gasteiger partial charge in [0.05, 0.1) is 12.7 Å². The topological polar surface area (TPSA) is 104 Å². The van der Waals surface area contributed by atoms with E-state index in [9.17, 15) is 4.79 Å². The standard InChI is InChI=1S/C20H21N5O4S/c1-3-27-18(28-4-2)11-25-10-14(23-24-25)19(26)22-20-21-15(12-30-20)17-9-13-7-5-6-8-16(13)29-17/h5-10,12,18H,3-4,11H2,1-2H3,(H,21,22,26). The van der Waals surface area contributed by atoms with Gasteiger partial charge >= 0.3 is 0 Å². The van der Waals surface area contributed by atoms with E-state index in [1.165, 1.54) is 16.0 Å². The van der Waals surface area contributed by atoms with E-state index in [1.807, 2.05) is 49.6 Å². The van der Waals surface area contributed by atoms with Gasteiger partial charge in [-0.2, -0.15) is 0 Å². The highest BCUT2D eigenvalue weighted by molar-refractivity contribution is 7.14. The van der Waals surface area contributed by atoms with Crippen LogP contribution in [0.4, 0.5) is 5.13 Å². The number of ether oxygens (including phenoxy) is 2. The lowest BCUT2D eigenvalue weighted by molar-refractivity contribution is -0.145. The van der Waals surface area contributed by atoms with Crippen LogP contribution >= 0.6 is 11.3 Å². The average Bonchev–Trinajstić information content (AvgIpc) is 3.47. The first-order valence-electron chi connectivity index (χ1n) is 9.55. The molecule has 30 heavy (non-hydrogen) atoms. The lowest BCUT2D eigenvalue weighted by Crippen LogP contribution is -2.24. The van der Waals surface area contributed by atoms with E-state index in [0.29, 0.717) is 36.3 Å². The molecule has 0 fully saturated rings. The lowest BCUT2D eigenvalue weighted by atomic mass is 10.2. The van der Waals surface area contributed by atoms with Crippen molar-refractivity contribution in [2.24, 2.45) is 0 Å². The van der Waals surface area contributed by atoms with E-state index in [4.69, 9.17) is 13.9 Å². The summed E-state index contributed by atoms with van der Waals surface area (Å²) < 4.78 is 18.3. The molecule has 3 aromatic heterocycles. The third kappa shape index (κ3) is 4.56. The zero-order valence-corrected chi connectivity index (χ0v) is 17.4. The van der Waals surface area contributed by atoms with Gasteiger partial charge in [-0.3, -0.25) is 10.1 Å². The van der Waals surface area contributed by atoms with Crippen LogP contribution in [-0.2, 0) is 16.0 Å². The first-order valence-corrected chi connectivity index (χ1v) is 10.4. The highest BCUT2D eigenvalue weighted by Gasteiger charge is 2.17. The highest BCUT2D eigenvalue weighted by atomic mass is 32.1. The van der Waals surface area contributed by atoms with Gasteiger partial charge in [0.1, 0.15) is 11.3 Å². The molecule has 0 atom stereocenters. The number of anilines is 1. The number of furan rings is 1. The molecule has 0 unspecified atom stereocenters. The number of hydrogen-bond donors (Lipinski definition) is 1. The number of benzene rings is 1. The first kappa shape index (κ1) is 20.2. The molecule has 0 saturated heterocycles. The van der Waals surface area contributed by atoms with E-state index in [0.717, 1.165) is 11.0 Å². The van der Waals surface area contributed by atoms with Crippen molar-refractivity contribution in [1.82, 2.24) is 20.0 Å². The van der Waals surface area contributed by atoms with Gasteiger partial charge in [0.15, 0.2) is 22.9 Å². The average molecular weight is 427 g/mol. The molecule has 1 N–H and O–H groups in total. The van der Waals surface area contributed by atoms with E-state index in [-0.39, 0.29) is 5.69 Å². The molecular formula is C20H21N5O4S. The minimum atomic E-state index is -0.442. The van der Waals surface area contributed by atoms with Crippen LogP contribution in [0.3, 0.4) is 0 Å². The Morgan fingerprint density at radius 1 is 1.27 bits per heavy atom. The maximum absolute atomic E-state index is 12.5. The van der Waals surface area contributed by atoms with Gasteiger partial charge in [0.2, 0.25) is 0 Å². The number of amides is 1. The van der Waals surface area contributed by atoms with Gasteiger partial charge in [-0.05, 0) is 26.0 Å². The molecule has 0 saturated carbocycles. The van der Waals surface area contributed by atoms with Crippen LogP contribution in [0, 0.1) is 0 Å². The smallest absolute Gasteiger partial charge is 0.279 e. The minimum absolute atomic E-state index is 0.183. The molecule has 0 spiro atoms. The molecule has 4 rings (SSSR count). The highest BCUT2D eigenvalue weighted by Crippen LogP contribution is 2.30. The summed E-state index contributed by atoms with van der Waals surface area (Å²) in [6, 6.07) is 9.67. The quantitative estimate of drug-likeness (QED) is 0.405. The number of rotatable bonds is 9. The van der Waals surface area contributed by atoms with Crippen molar-refractivity contribution in [3.8, 4) is 11.5 Å². The zero-order valence-electron chi connectivity index (χ0n) is 16.6. The summed E-state index contributed by atoms with van der Waals surface area (Å²) in [5.74, 6) is 0.257. The molecule has 10 heteroatoms. The zero-order chi connectivity index (χ0) is 20.9. The number of fused-ring (bicyclic) bond motifs is 1. The summed E-state index contributed by atoms with van der Waals surface area (Å²) in [5, 5.41) is 13.9. The van der Waals surface area contributed by atoms with E-state index >= 15 is 0 Å². The largest absolute Gasteiger partial charge is 0.454 e. The number of para-hydroxylation sites is 1. The van der Waals surface area contributed by atoms with Gasteiger partial charge in [-0.1, -0.05) is 23.4 Å². The minimum Gasteiger partial charge on any atom is -0.454 e. The van der Waals surface area contributed by atoms with Crippen molar-refractivity contribution in [2.45, 2.75) is 26.7 Å². The van der Waals surface area contributed by atoms with Crippen LogP contribution in [0.25, 0.3) is 22.4 Å². The van der Waals surface area contributed by atoms with Crippen LogP contribution in [0.1, 0.15) is 24.3 Å². The first-order chi connectivity index (χ1) is 14.7. The van der Waals surface area contributed by atoms with Crippen LogP contribution < -0.4 is 5.32 Å². The maximum Gasteiger partial charge on any atom is 0.279 e. The molecule has 9 nitrogen and oxygen atoms in total. The van der Waals surface area contributed by atoms with Gasteiger partial charge in [-0.15, -0.1) is 16.4 Å². The molecule has 1 amide bonds. The fraction of sp³-hybridized carbons (Fsp3) is 0.300. The van der Waals surface area contributed by atoms with Gasteiger partial charge in [-0.25, -0.2) is 9.67 Å². The van der Waals surface area contributed by atoms with Crippen LogP contribution in [-0.4, -0.2) is 45.4 Å². The number of thiazole rings is 1. The van der Waals surface area contributed by atoms with Gasteiger partial charge in [0.25, 0.3) is 5.91 Å². The number of carbonyl (C=O) groups is 1.